The molecule has 0 aliphatic heterocycles. The molecule has 0 spiro atoms. The average Bonchev–Trinajstić information content (AvgIpc) is 2.32. The van der Waals surface area contributed by atoms with Gasteiger partial charge in [0.2, 0.25) is 0 Å². The van der Waals surface area contributed by atoms with Crippen molar-refractivity contribution in [3.05, 3.63) is 0 Å². The molecule has 0 aromatic carbocycles. The van der Waals surface area contributed by atoms with Crippen molar-refractivity contribution in [3.8, 4) is 0 Å². The van der Waals surface area contributed by atoms with E-state index < -0.39 is 16.9 Å². The lowest BCUT2D eigenvalue weighted by molar-refractivity contribution is -0.0304. The van der Waals surface area contributed by atoms with Crippen molar-refractivity contribution in [2.24, 2.45) is 5.92 Å². The summed E-state index contributed by atoms with van der Waals surface area (Å²) in [5.41, 5.74) is 0. The maximum atomic E-state index is 10.8. The van der Waals surface area contributed by atoms with Gasteiger partial charge in [-0.3, -0.25) is 4.21 Å². The monoisotopic (exact) mass is 277 g/mol. The van der Waals surface area contributed by atoms with Crippen LogP contribution in [-0.2, 0) is 15.5 Å². The molecular weight excluding hydrogens is 250 g/mol. The molecule has 0 heterocycles. The van der Waals surface area contributed by atoms with Crippen molar-refractivity contribution in [3.63, 3.8) is 0 Å². The van der Waals surface area contributed by atoms with Crippen LogP contribution in [0.5, 0.6) is 0 Å². The van der Waals surface area contributed by atoms with Gasteiger partial charge < -0.3 is 15.2 Å². The first-order valence-electron chi connectivity index (χ1n) is 6.88. The third kappa shape index (κ3) is 7.46. The summed E-state index contributed by atoms with van der Waals surface area (Å²) in [7, 11) is -0.767. The molecule has 0 amide bonds. The Hall–Kier alpha value is 0.0300. The zero-order valence-corrected chi connectivity index (χ0v) is 12.4. The highest BCUT2D eigenvalue weighted by Crippen LogP contribution is 2.25. The van der Waals surface area contributed by atoms with Crippen LogP contribution in [0.2, 0.25) is 0 Å². The fourth-order valence-corrected chi connectivity index (χ4v) is 2.75. The first-order valence-corrected chi connectivity index (χ1v) is 8.61. The number of hydrogen-bond acceptors (Lipinski definition) is 4. The fourth-order valence-electron chi connectivity index (χ4n) is 2.32. The van der Waals surface area contributed by atoms with Crippen molar-refractivity contribution < 1.29 is 14.1 Å². The van der Waals surface area contributed by atoms with Crippen LogP contribution in [0.3, 0.4) is 0 Å². The summed E-state index contributed by atoms with van der Waals surface area (Å²) >= 11 is 0. The average molecular weight is 277 g/mol. The number of aliphatic hydroxyl groups is 1. The zero-order valence-electron chi connectivity index (χ0n) is 11.6. The summed E-state index contributed by atoms with van der Waals surface area (Å²) in [5, 5.41) is 12.8. The largest absolute Gasteiger partial charge is 0.389 e. The second-order valence-electron chi connectivity index (χ2n) is 5.36. The molecule has 4 unspecified atom stereocenters. The van der Waals surface area contributed by atoms with E-state index in [1.165, 1.54) is 12.8 Å². The Balaban J connectivity index is 2.02. The van der Waals surface area contributed by atoms with E-state index in [2.05, 4.69) is 12.2 Å². The Morgan fingerprint density at radius 3 is 2.94 bits per heavy atom. The van der Waals surface area contributed by atoms with Crippen molar-refractivity contribution in [1.29, 1.82) is 0 Å². The van der Waals surface area contributed by atoms with Crippen LogP contribution in [0.15, 0.2) is 0 Å². The third-order valence-corrected chi connectivity index (χ3v) is 4.14. The number of aliphatic hydroxyl groups excluding tert-OH is 1. The van der Waals surface area contributed by atoms with Crippen molar-refractivity contribution in [1.82, 2.24) is 5.32 Å². The molecule has 4 atom stereocenters. The molecule has 1 rings (SSSR count). The Labute approximate surface area is 113 Å². The highest BCUT2D eigenvalue weighted by atomic mass is 32.2. The highest BCUT2D eigenvalue weighted by molar-refractivity contribution is 7.84. The molecular formula is C13H27NO3S. The van der Waals surface area contributed by atoms with E-state index in [1.807, 2.05) is 0 Å². The molecule has 5 heteroatoms. The van der Waals surface area contributed by atoms with Crippen molar-refractivity contribution in [2.75, 3.05) is 31.7 Å². The van der Waals surface area contributed by atoms with Gasteiger partial charge in [0.25, 0.3) is 0 Å². The topological polar surface area (TPSA) is 58.6 Å². The maximum absolute atomic E-state index is 10.8. The third-order valence-electron chi connectivity index (χ3n) is 3.36. The fraction of sp³-hybridized carbons (Fsp3) is 1.00. The molecule has 4 nitrogen and oxygen atoms in total. The molecule has 0 radical (unpaired) electrons. The molecule has 108 valence electrons. The van der Waals surface area contributed by atoms with Crippen LogP contribution in [0.1, 0.15) is 32.6 Å². The van der Waals surface area contributed by atoms with E-state index in [9.17, 15) is 9.32 Å². The van der Waals surface area contributed by atoms with Gasteiger partial charge in [-0.25, -0.2) is 0 Å². The van der Waals surface area contributed by atoms with Gasteiger partial charge in [-0.15, -0.1) is 0 Å². The number of nitrogens with one attached hydrogen (secondary N) is 1. The SMILES string of the molecule is CC1CCCC(OCC(O)CNCCS(C)=O)C1. The van der Waals surface area contributed by atoms with Crippen LogP contribution >= 0.6 is 0 Å². The van der Waals surface area contributed by atoms with E-state index in [1.54, 1.807) is 6.26 Å². The van der Waals surface area contributed by atoms with Crippen LogP contribution in [0.4, 0.5) is 0 Å². The number of rotatable bonds is 8. The molecule has 1 aliphatic rings. The maximum Gasteiger partial charge on any atom is 0.0897 e. The van der Waals surface area contributed by atoms with Crippen LogP contribution < -0.4 is 5.32 Å². The van der Waals surface area contributed by atoms with Gasteiger partial charge in [0.15, 0.2) is 0 Å². The van der Waals surface area contributed by atoms with Crippen LogP contribution in [0, 0.1) is 5.92 Å². The Morgan fingerprint density at radius 2 is 2.28 bits per heavy atom. The van der Waals surface area contributed by atoms with Crippen LogP contribution in [-0.4, -0.2) is 53.2 Å². The van der Waals surface area contributed by atoms with Crippen molar-refractivity contribution in [2.45, 2.75) is 44.8 Å². The molecule has 18 heavy (non-hydrogen) atoms. The summed E-state index contributed by atoms with van der Waals surface area (Å²) < 4.78 is 16.6. The number of ether oxygens (including phenoxy) is 1. The Bertz CT molecular complexity index is 250. The molecule has 1 saturated carbocycles. The molecule has 1 fully saturated rings. The molecule has 2 N–H and O–H groups in total. The van der Waals surface area contributed by atoms with Gasteiger partial charge in [-0.05, 0) is 18.8 Å². The zero-order chi connectivity index (χ0) is 13.4. The lowest BCUT2D eigenvalue weighted by Crippen LogP contribution is -2.34. The lowest BCUT2D eigenvalue weighted by Gasteiger charge is -2.27. The highest BCUT2D eigenvalue weighted by Gasteiger charge is 2.20. The van der Waals surface area contributed by atoms with Gasteiger partial charge >= 0.3 is 0 Å². The molecule has 0 saturated heterocycles. The van der Waals surface area contributed by atoms with E-state index in [0.29, 0.717) is 31.6 Å². The smallest absolute Gasteiger partial charge is 0.0897 e. The Kier molecular flexibility index (Phi) is 8.06. The van der Waals surface area contributed by atoms with Gasteiger partial charge in [0.05, 0.1) is 18.8 Å². The van der Waals surface area contributed by atoms with E-state index in [0.717, 1.165) is 18.8 Å². The van der Waals surface area contributed by atoms with Gasteiger partial charge in [0.1, 0.15) is 0 Å². The minimum Gasteiger partial charge on any atom is -0.389 e. The predicted octanol–water partition coefficient (Wildman–Crippen LogP) is 0.911. The summed E-state index contributed by atoms with van der Waals surface area (Å²) in [6, 6.07) is 0. The summed E-state index contributed by atoms with van der Waals surface area (Å²) in [6.45, 7) is 3.86. The first kappa shape index (κ1) is 16.1. The van der Waals surface area contributed by atoms with E-state index in [-0.39, 0.29) is 0 Å². The van der Waals surface area contributed by atoms with Gasteiger partial charge in [0, 0.05) is 35.9 Å². The van der Waals surface area contributed by atoms with Gasteiger partial charge in [-0.2, -0.15) is 0 Å². The quantitative estimate of drug-likeness (QED) is 0.648. The second-order valence-corrected chi connectivity index (χ2v) is 6.92. The van der Waals surface area contributed by atoms with Crippen LogP contribution in [0.25, 0.3) is 0 Å². The summed E-state index contributed by atoms with van der Waals surface area (Å²) in [6.07, 6.45) is 6.33. The summed E-state index contributed by atoms with van der Waals surface area (Å²) in [4.78, 5) is 0. The normalized spacial score (nSPS) is 27.9. The minimum atomic E-state index is -0.767. The first-order chi connectivity index (χ1) is 8.58. The number of hydrogen-bond donors (Lipinski definition) is 2. The Morgan fingerprint density at radius 1 is 1.50 bits per heavy atom. The lowest BCUT2D eigenvalue weighted by atomic mass is 9.89. The predicted molar refractivity (Wildman–Crippen MR) is 75.2 cm³/mol. The second kappa shape index (κ2) is 9.02. The molecule has 0 aromatic rings. The van der Waals surface area contributed by atoms with E-state index >= 15 is 0 Å². The molecule has 1 aliphatic carbocycles. The summed E-state index contributed by atoms with van der Waals surface area (Å²) in [5.74, 6) is 1.38. The molecule has 0 aromatic heterocycles. The minimum absolute atomic E-state index is 0.326. The van der Waals surface area contributed by atoms with Gasteiger partial charge in [-0.1, -0.05) is 19.8 Å². The van der Waals surface area contributed by atoms with E-state index in [4.69, 9.17) is 4.74 Å². The molecule has 0 bridgehead atoms. The standard InChI is InChI=1S/C13H27NO3S/c1-11-4-3-5-13(8-11)17-10-12(15)9-14-6-7-18(2)16/h11-15H,3-10H2,1-2H3. The van der Waals surface area contributed by atoms with Crippen molar-refractivity contribution >= 4 is 10.8 Å².